The molecule has 1 atom stereocenters. The predicted molar refractivity (Wildman–Crippen MR) is 128 cm³/mol. The molecular weight excluding hydrogens is 394 g/mol. The van der Waals surface area contributed by atoms with Gasteiger partial charge in [-0.1, -0.05) is 36.1 Å². The van der Waals surface area contributed by atoms with Gasteiger partial charge in [-0.3, -0.25) is 4.90 Å². The summed E-state index contributed by atoms with van der Waals surface area (Å²) >= 11 is 0. The van der Waals surface area contributed by atoms with Gasteiger partial charge in [-0.2, -0.15) is 0 Å². The highest BCUT2D eigenvalue weighted by Gasteiger charge is 2.25. The Morgan fingerprint density at radius 1 is 1.00 bits per heavy atom. The Kier molecular flexibility index (Phi) is 4.52. The quantitative estimate of drug-likeness (QED) is 0.385. The molecule has 3 heterocycles. The van der Waals surface area contributed by atoms with Crippen molar-refractivity contribution in [2.75, 3.05) is 13.6 Å². The molecule has 5 aromatic rings. The molecule has 5 heteroatoms. The second-order valence-electron chi connectivity index (χ2n) is 8.45. The summed E-state index contributed by atoms with van der Waals surface area (Å²) in [7, 11) is 2.18. The number of nitrogens with one attached hydrogen (secondary N) is 2. The monoisotopic (exact) mass is 417 g/mol. The van der Waals surface area contributed by atoms with Gasteiger partial charge in [0.1, 0.15) is 5.82 Å². The molecule has 5 nitrogen and oxygen atoms in total. The molecule has 6 rings (SSSR count). The van der Waals surface area contributed by atoms with Crippen LogP contribution in [0.4, 0.5) is 0 Å². The molecule has 1 aliphatic rings. The van der Waals surface area contributed by atoms with Crippen LogP contribution in [0.3, 0.4) is 0 Å². The first-order valence-electron chi connectivity index (χ1n) is 11.0. The predicted octanol–water partition coefficient (Wildman–Crippen LogP) is 5.27. The van der Waals surface area contributed by atoms with Crippen LogP contribution in [0.1, 0.15) is 35.8 Å². The van der Waals surface area contributed by atoms with Crippen molar-refractivity contribution in [3.63, 3.8) is 0 Å². The van der Waals surface area contributed by atoms with Gasteiger partial charge >= 0.3 is 0 Å². The van der Waals surface area contributed by atoms with E-state index in [-0.39, 0.29) is 0 Å². The number of H-pyrrole nitrogens is 2. The van der Waals surface area contributed by atoms with Crippen LogP contribution in [0.5, 0.6) is 0 Å². The number of likely N-dealkylation sites (tertiary alicyclic amines) is 1. The number of rotatable bonds is 2. The van der Waals surface area contributed by atoms with Crippen molar-refractivity contribution in [3.05, 3.63) is 84.1 Å². The van der Waals surface area contributed by atoms with Gasteiger partial charge in [-0.15, -0.1) is 0 Å². The van der Waals surface area contributed by atoms with E-state index >= 15 is 0 Å². The Hall–Kier alpha value is -3.88. The molecule has 1 saturated heterocycles. The lowest BCUT2D eigenvalue weighted by atomic mass is 10.1. The number of nitrogens with zero attached hydrogens (tertiary/aromatic N) is 3. The van der Waals surface area contributed by atoms with Gasteiger partial charge in [-0.05, 0) is 67.7 Å². The molecule has 156 valence electrons. The third-order valence-corrected chi connectivity index (χ3v) is 6.37. The highest BCUT2D eigenvalue weighted by atomic mass is 15.2. The number of aromatic nitrogens is 4. The van der Waals surface area contributed by atoms with Crippen LogP contribution >= 0.6 is 0 Å². The molecule has 0 saturated carbocycles. The zero-order chi connectivity index (χ0) is 21.5. The third-order valence-electron chi connectivity index (χ3n) is 6.37. The van der Waals surface area contributed by atoms with Crippen molar-refractivity contribution in [2.24, 2.45) is 0 Å². The maximum Gasteiger partial charge on any atom is 0.124 e. The van der Waals surface area contributed by atoms with Crippen LogP contribution in [0, 0.1) is 11.8 Å². The minimum absolute atomic E-state index is 0.391. The van der Waals surface area contributed by atoms with Crippen LogP contribution in [0.15, 0.2) is 67.1 Å². The van der Waals surface area contributed by atoms with E-state index in [1.807, 2.05) is 18.3 Å². The van der Waals surface area contributed by atoms with Crippen molar-refractivity contribution >= 4 is 21.8 Å². The molecular formula is C27H23N5. The Balaban J connectivity index is 1.30. The SMILES string of the molecule is CN1CCC[C@H]1c1nc2c(ccc3cc(C#Cc4ccc(-c5cnc[nH]5)cc4)ccc32)[nH]1. The maximum absolute atomic E-state index is 4.99. The van der Waals surface area contributed by atoms with E-state index in [9.17, 15) is 0 Å². The van der Waals surface area contributed by atoms with Crippen LogP contribution in [-0.4, -0.2) is 38.4 Å². The number of benzene rings is 3. The van der Waals surface area contributed by atoms with Crippen LogP contribution in [-0.2, 0) is 0 Å². The molecule has 0 aliphatic carbocycles. The fourth-order valence-electron chi connectivity index (χ4n) is 4.60. The zero-order valence-electron chi connectivity index (χ0n) is 17.9. The van der Waals surface area contributed by atoms with Crippen molar-refractivity contribution in [1.82, 2.24) is 24.8 Å². The second-order valence-corrected chi connectivity index (χ2v) is 8.45. The van der Waals surface area contributed by atoms with Gasteiger partial charge in [0.2, 0.25) is 0 Å². The first-order chi connectivity index (χ1) is 15.7. The van der Waals surface area contributed by atoms with Crippen LogP contribution in [0.2, 0.25) is 0 Å². The summed E-state index contributed by atoms with van der Waals surface area (Å²) in [4.78, 5) is 18.1. The van der Waals surface area contributed by atoms with Gasteiger partial charge in [0, 0.05) is 16.5 Å². The Labute approximate surface area is 186 Å². The number of hydrogen-bond acceptors (Lipinski definition) is 3. The molecule has 32 heavy (non-hydrogen) atoms. The summed E-state index contributed by atoms with van der Waals surface area (Å²) in [6, 6.07) is 19.3. The summed E-state index contributed by atoms with van der Waals surface area (Å²) in [6.07, 6.45) is 5.90. The topological polar surface area (TPSA) is 60.6 Å². The van der Waals surface area contributed by atoms with Crippen molar-refractivity contribution in [3.8, 4) is 23.1 Å². The van der Waals surface area contributed by atoms with Crippen molar-refractivity contribution < 1.29 is 0 Å². The van der Waals surface area contributed by atoms with Gasteiger partial charge < -0.3 is 9.97 Å². The van der Waals surface area contributed by atoms with Gasteiger partial charge in [-0.25, -0.2) is 9.97 Å². The number of imidazole rings is 2. The van der Waals surface area contributed by atoms with E-state index in [1.54, 1.807) is 6.33 Å². The average molecular weight is 418 g/mol. The molecule has 1 fully saturated rings. The summed E-state index contributed by atoms with van der Waals surface area (Å²) in [5, 5.41) is 2.33. The molecule has 0 spiro atoms. The number of hydrogen-bond donors (Lipinski definition) is 2. The van der Waals surface area contributed by atoms with Gasteiger partial charge in [0.25, 0.3) is 0 Å². The largest absolute Gasteiger partial charge is 0.345 e. The molecule has 0 unspecified atom stereocenters. The lowest BCUT2D eigenvalue weighted by molar-refractivity contribution is 0.307. The van der Waals surface area contributed by atoms with E-state index in [4.69, 9.17) is 4.98 Å². The van der Waals surface area contributed by atoms with E-state index < -0.39 is 0 Å². The van der Waals surface area contributed by atoms with E-state index in [2.05, 4.69) is 81.2 Å². The maximum atomic E-state index is 4.99. The standard InChI is InChI=1S/C27H23N5/c1-32-14-2-3-25(32)27-30-23-13-11-21-15-19(8-12-22(21)26(23)31-27)5-4-18-6-9-20(10-7-18)24-16-28-17-29-24/h6-13,15-17,25H,2-3,14H2,1H3,(H,28,29)(H,30,31)/t25-/m0/s1. The van der Waals surface area contributed by atoms with E-state index in [1.165, 1.54) is 11.8 Å². The van der Waals surface area contributed by atoms with E-state index in [0.29, 0.717) is 6.04 Å². The average Bonchev–Trinajstić information content (AvgIpc) is 3.58. The first kappa shape index (κ1) is 18.9. The molecule has 0 radical (unpaired) electrons. The lowest BCUT2D eigenvalue weighted by Gasteiger charge is -2.16. The fourth-order valence-corrected chi connectivity index (χ4v) is 4.60. The molecule has 1 aliphatic heterocycles. The Morgan fingerprint density at radius 3 is 2.62 bits per heavy atom. The zero-order valence-corrected chi connectivity index (χ0v) is 17.9. The number of aromatic amines is 2. The molecule has 3 aromatic carbocycles. The summed E-state index contributed by atoms with van der Waals surface area (Å²) < 4.78 is 0. The number of fused-ring (bicyclic) bond motifs is 3. The summed E-state index contributed by atoms with van der Waals surface area (Å²) in [5.41, 5.74) is 6.24. The second kappa shape index (κ2) is 7.67. The molecule has 2 aromatic heterocycles. The molecule has 2 N–H and O–H groups in total. The molecule has 0 bridgehead atoms. The van der Waals surface area contributed by atoms with Crippen LogP contribution < -0.4 is 0 Å². The van der Waals surface area contributed by atoms with Gasteiger partial charge in [0.05, 0.1) is 35.3 Å². The van der Waals surface area contributed by atoms with Crippen molar-refractivity contribution in [2.45, 2.75) is 18.9 Å². The summed E-state index contributed by atoms with van der Waals surface area (Å²) in [5.74, 6) is 7.66. The highest BCUT2D eigenvalue weighted by molar-refractivity contribution is 6.04. The lowest BCUT2D eigenvalue weighted by Crippen LogP contribution is -2.18. The third kappa shape index (κ3) is 3.35. The van der Waals surface area contributed by atoms with Crippen molar-refractivity contribution in [1.29, 1.82) is 0 Å². The molecule has 0 amide bonds. The Bertz CT molecular complexity index is 1470. The fraction of sp³-hybridized carbons (Fsp3) is 0.185. The minimum atomic E-state index is 0.391. The van der Waals surface area contributed by atoms with Crippen LogP contribution in [0.25, 0.3) is 33.1 Å². The van der Waals surface area contributed by atoms with E-state index in [0.717, 1.165) is 57.6 Å². The highest BCUT2D eigenvalue weighted by Crippen LogP contribution is 2.32. The normalized spacial score (nSPS) is 16.5. The summed E-state index contributed by atoms with van der Waals surface area (Å²) in [6.45, 7) is 1.14. The smallest absolute Gasteiger partial charge is 0.124 e. The van der Waals surface area contributed by atoms with Gasteiger partial charge in [0.15, 0.2) is 0 Å². The minimum Gasteiger partial charge on any atom is -0.345 e. The first-order valence-corrected chi connectivity index (χ1v) is 11.0. The Morgan fingerprint density at radius 2 is 1.84 bits per heavy atom.